The summed E-state index contributed by atoms with van der Waals surface area (Å²) >= 11 is 1.15. The van der Waals surface area contributed by atoms with Gasteiger partial charge in [0.25, 0.3) is 11.8 Å². The molecule has 2 saturated carbocycles. The number of nitrogens with one attached hydrogen (secondary N) is 4. The quantitative estimate of drug-likeness (QED) is 0.249. The molecule has 2 aliphatic rings. The monoisotopic (exact) mass is 536 g/mol. The van der Waals surface area contributed by atoms with Crippen molar-refractivity contribution < 1.29 is 14.0 Å². The predicted molar refractivity (Wildman–Crippen MR) is 139 cm³/mol. The number of carbonyl (C=O) groups excluding carboxylic acids is 2. The largest absolute Gasteiger partial charge is 0.379 e. The van der Waals surface area contributed by atoms with Gasteiger partial charge >= 0.3 is 0 Å². The number of halogens is 1. The molecular weight excluding hydrogens is 511 g/mol. The minimum absolute atomic E-state index is 0.0757. The first-order chi connectivity index (χ1) is 18.5. The molecule has 6 rings (SSSR count). The highest BCUT2D eigenvalue weighted by Crippen LogP contribution is 2.30. The van der Waals surface area contributed by atoms with Crippen molar-refractivity contribution in [2.24, 2.45) is 0 Å². The fourth-order valence-electron chi connectivity index (χ4n) is 4.54. The first-order valence-corrected chi connectivity index (χ1v) is 13.3. The van der Waals surface area contributed by atoms with Crippen molar-refractivity contribution >= 4 is 46.2 Å². The topological polar surface area (TPSA) is 151 Å². The van der Waals surface area contributed by atoms with Gasteiger partial charge in [-0.2, -0.15) is 4.39 Å². The highest BCUT2D eigenvalue weighted by molar-refractivity contribution is 7.03. The summed E-state index contributed by atoms with van der Waals surface area (Å²) in [7, 11) is 0. The number of imidazole rings is 1. The van der Waals surface area contributed by atoms with Crippen molar-refractivity contribution in [3.63, 3.8) is 0 Å². The van der Waals surface area contributed by atoms with E-state index in [1.807, 2.05) is 6.07 Å². The summed E-state index contributed by atoms with van der Waals surface area (Å²) in [6.07, 6.45) is 8.22. The lowest BCUT2D eigenvalue weighted by Crippen LogP contribution is -2.40. The maximum Gasteiger partial charge on any atom is 0.276 e. The molecule has 0 aromatic carbocycles. The highest BCUT2D eigenvalue weighted by atomic mass is 32.1. The standard InChI is InChI=1S/C24H25FN10O2S/c25-20-9-16(7-8-26-20)31-24(37)19-11-27-22-17(28-13-1-2-13)10-21(33-35(19)22)29-14-3-5-15(6-4-14)30-23(36)18-12-38-34-32-18/h7-15,28H,1-6H2,(H,29,33)(H,30,36)(H,26,31,37)/t14-,15-. The van der Waals surface area contributed by atoms with Gasteiger partial charge in [0, 0.05) is 47.5 Å². The van der Waals surface area contributed by atoms with Crippen molar-refractivity contribution in [3.05, 3.63) is 53.3 Å². The van der Waals surface area contributed by atoms with E-state index >= 15 is 0 Å². The molecule has 38 heavy (non-hydrogen) atoms. The zero-order chi connectivity index (χ0) is 26.1. The van der Waals surface area contributed by atoms with Crippen molar-refractivity contribution in [2.45, 2.75) is 56.7 Å². The first-order valence-electron chi connectivity index (χ1n) is 12.4. The third-order valence-electron chi connectivity index (χ3n) is 6.63. The van der Waals surface area contributed by atoms with Gasteiger partial charge in [-0.05, 0) is 56.1 Å². The number of carbonyl (C=O) groups is 2. The second-order valence-corrected chi connectivity index (χ2v) is 10.1. The van der Waals surface area contributed by atoms with Crippen LogP contribution in [0.25, 0.3) is 5.65 Å². The Labute approximate surface area is 220 Å². The summed E-state index contributed by atoms with van der Waals surface area (Å²) in [5.74, 6) is -0.727. The third kappa shape index (κ3) is 5.39. The van der Waals surface area contributed by atoms with Crippen LogP contribution in [0.1, 0.15) is 59.5 Å². The van der Waals surface area contributed by atoms with E-state index in [0.29, 0.717) is 23.2 Å². The van der Waals surface area contributed by atoms with Crippen molar-refractivity contribution in [1.82, 2.24) is 34.5 Å². The number of hydrogen-bond donors (Lipinski definition) is 4. The lowest BCUT2D eigenvalue weighted by atomic mass is 9.91. The third-order valence-corrected chi connectivity index (χ3v) is 7.13. The van der Waals surface area contributed by atoms with Crippen LogP contribution in [0.3, 0.4) is 0 Å². The van der Waals surface area contributed by atoms with Gasteiger partial charge in [0.05, 0.1) is 11.9 Å². The zero-order valence-electron chi connectivity index (χ0n) is 20.2. The Morgan fingerprint density at radius 3 is 2.47 bits per heavy atom. The summed E-state index contributed by atoms with van der Waals surface area (Å²) in [6, 6.07) is 5.18. The van der Waals surface area contributed by atoms with Crippen LogP contribution >= 0.6 is 11.5 Å². The Kier molecular flexibility index (Phi) is 6.54. The number of aromatic nitrogens is 6. The number of nitrogens with zero attached hydrogens (tertiary/aromatic N) is 6. The minimum Gasteiger partial charge on any atom is -0.379 e. The minimum atomic E-state index is -0.684. The van der Waals surface area contributed by atoms with Crippen molar-refractivity contribution in [1.29, 1.82) is 0 Å². The summed E-state index contributed by atoms with van der Waals surface area (Å²) in [5.41, 5.74) is 2.19. The lowest BCUT2D eigenvalue weighted by Gasteiger charge is -2.30. The fourth-order valence-corrected chi connectivity index (χ4v) is 4.97. The molecule has 2 aliphatic carbocycles. The van der Waals surface area contributed by atoms with E-state index in [1.54, 1.807) is 5.38 Å². The maximum atomic E-state index is 13.5. The molecule has 4 aromatic rings. The first kappa shape index (κ1) is 24.2. The second-order valence-electron chi connectivity index (χ2n) is 9.52. The van der Waals surface area contributed by atoms with Crippen LogP contribution in [-0.2, 0) is 0 Å². The van der Waals surface area contributed by atoms with Crippen LogP contribution in [0.5, 0.6) is 0 Å². The molecule has 196 valence electrons. The summed E-state index contributed by atoms with van der Waals surface area (Å²) in [5, 5.41) is 22.8. The van der Waals surface area contributed by atoms with E-state index in [0.717, 1.165) is 61.8 Å². The van der Waals surface area contributed by atoms with E-state index in [4.69, 9.17) is 0 Å². The maximum absolute atomic E-state index is 13.5. The Balaban J connectivity index is 1.17. The van der Waals surface area contributed by atoms with Gasteiger partial charge in [0.1, 0.15) is 5.82 Å². The van der Waals surface area contributed by atoms with Crippen LogP contribution in [0.15, 0.2) is 36.0 Å². The Hall–Kier alpha value is -4.20. The van der Waals surface area contributed by atoms with E-state index in [-0.39, 0.29) is 29.4 Å². The summed E-state index contributed by atoms with van der Waals surface area (Å²) in [6.45, 7) is 0. The fraction of sp³-hybridized carbons (Fsp3) is 0.375. The SMILES string of the molecule is O=C(N[C@H]1CC[C@H](Nc2cc(NC3CC3)c3ncc(C(=O)Nc4ccnc(F)c4)n3n2)CC1)c1csnn1. The summed E-state index contributed by atoms with van der Waals surface area (Å²) in [4.78, 5) is 33.3. The number of hydrogen-bond acceptors (Lipinski definition) is 10. The van der Waals surface area contributed by atoms with Crippen LogP contribution in [0.2, 0.25) is 0 Å². The number of anilines is 3. The zero-order valence-corrected chi connectivity index (χ0v) is 21.0. The number of pyridine rings is 1. The molecule has 2 fully saturated rings. The molecular formula is C24H25FN10O2S. The molecule has 4 N–H and O–H groups in total. The number of fused-ring (bicyclic) bond motifs is 1. The van der Waals surface area contributed by atoms with Gasteiger partial charge in [-0.15, -0.1) is 10.2 Å². The molecule has 0 aliphatic heterocycles. The van der Waals surface area contributed by atoms with Gasteiger partial charge in [-0.3, -0.25) is 9.59 Å². The molecule has 0 bridgehead atoms. The number of rotatable bonds is 8. The molecule has 4 heterocycles. The molecule has 0 radical (unpaired) electrons. The van der Waals surface area contributed by atoms with E-state index in [1.165, 1.54) is 23.0 Å². The Morgan fingerprint density at radius 2 is 1.74 bits per heavy atom. The average Bonchev–Trinajstić information content (AvgIpc) is 3.36. The van der Waals surface area contributed by atoms with Crippen LogP contribution in [-0.4, -0.2) is 59.1 Å². The molecule has 4 aromatic heterocycles. The van der Waals surface area contributed by atoms with Crippen LogP contribution < -0.4 is 21.3 Å². The molecule has 0 unspecified atom stereocenters. The van der Waals surface area contributed by atoms with Gasteiger partial charge in [0.15, 0.2) is 17.0 Å². The van der Waals surface area contributed by atoms with E-state index in [2.05, 4.69) is 45.9 Å². The van der Waals surface area contributed by atoms with Crippen molar-refractivity contribution in [2.75, 3.05) is 16.0 Å². The summed E-state index contributed by atoms with van der Waals surface area (Å²) < 4.78 is 18.7. The smallest absolute Gasteiger partial charge is 0.276 e. The van der Waals surface area contributed by atoms with Gasteiger partial charge < -0.3 is 21.3 Å². The normalized spacial score (nSPS) is 19.2. The Bertz CT molecular complexity index is 1460. The molecule has 12 nitrogen and oxygen atoms in total. The number of amides is 2. The molecule has 2 amide bonds. The van der Waals surface area contributed by atoms with Crippen molar-refractivity contribution in [3.8, 4) is 0 Å². The highest BCUT2D eigenvalue weighted by Gasteiger charge is 2.26. The lowest BCUT2D eigenvalue weighted by molar-refractivity contribution is 0.0920. The molecule has 14 heteroatoms. The molecule has 0 saturated heterocycles. The second kappa shape index (κ2) is 10.3. The average molecular weight is 537 g/mol. The van der Waals surface area contributed by atoms with Gasteiger partial charge in [-0.1, -0.05) is 4.49 Å². The van der Waals surface area contributed by atoms with Gasteiger partial charge in [-0.25, -0.2) is 14.5 Å². The molecule has 0 atom stereocenters. The van der Waals surface area contributed by atoms with Crippen LogP contribution in [0, 0.1) is 5.95 Å². The predicted octanol–water partition coefficient (Wildman–Crippen LogP) is 3.09. The van der Waals surface area contributed by atoms with Gasteiger partial charge in [0.2, 0.25) is 5.95 Å². The van der Waals surface area contributed by atoms with Crippen LogP contribution in [0.4, 0.5) is 21.6 Å². The Morgan fingerprint density at radius 1 is 0.974 bits per heavy atom. The molecule has 0 spiro atoms. The van der Waals surface area contributed by atoms with E-state index < -0.39 is 11.9 Å². The van der Waals surface area contributed by atoms with E-state index in [9.17, 15) is 14.0 Å².